The van der Waals surface area contributed by atoms with Crippen molar-refractivity contribution >= 4 is 11.7 Å². The minimum Gasteiger partial charge on any atom is -0.382 e. The molecule has 1 aliphatic rings. The first-order chi connectivity index (χ1) is 12.2. The Bertz CT molecular complexity index is 656. The first kappa shape index (κ1) is 17.3. The molecule has 1 atom stereocenters. The van der Waals surface area contributed by atoms with Crippen LogP contribution in [0, 0.1) is 5.92 Å². The van der Waals surface area contributed by atoms with Crippen molar-refractivity contribution in [2.75, 3.05) is 18.8 Å². The minimum atomic E-state index is 0.244. The highest BCUT2D eigenvalue weighted by molar-refractivity contribution is 5.76. The maximum absolute atomic E-state index is 12.4. The van der Waals surface area contributed by atoms with E-state index in [9.17, 15) is 4.79 Å². The highest BCUT2D eigenvalue weighted by Crippen LogP contribution is 2.21. The van der Waals surface area contributed by atoms with Crippen molar-refractivity contribution in [1.29, 1.82) is 0 Å². The molecule has 0 radical (unpaired) electrons. The number of nitrogens with two attached hydrogens (primary N) is 1. The van der Waals surface area contributed by atoms with Crippen molar-refractivity contribution in [1.82, 2.24) is 29.6 Å². The van der Waals surface area contributed by atoms with Crippen molar-refractivity contribution in [3.05, 3.63) is 30.7 Å². The zero-order chi connectivity index (χ0) is 17.5. The Morgan fingerprint density at radius 2 is 2.16 bits per heavy atom. The fourth-order valence-corrected chi connectivity index (χ4v) is 3.28. The lowest BCUT2D eigenvalue weighted by Gasteiger charge is -2.20. The van der Waals surface area contributed by atoms with Gasteiger partial charge >= 0.3 is 0 Å². The summed E-state index contributed by atoms with van der Waals surface area (Å²) in [5.74, 6) is 1.24. The van der Waals surface area contributed by atoms with Crippen molar-refractivity contribution in [3.8, 4) is 0 Å². The molecule has 0 aliphatic carbocycles. The topological polar surface area (TPSA) is 103 Å². The van der Waals surface area contributed by atoms with Gasteiger partial charge in [-0.3, -0.25) is 14.5 Å². The highest BCUT2D eigenvalue weighted by atomic mass is 16.2. The van der Waals surface area contributed by atoms with Crippen molar-refractivity contribution < 1.29 is 4.79 Å². The molecule has 8 nitrogen and oxygen atoms in total. The van der Waals surface area contributed by atoms with Gasteiger partial charge in [0.2, 0.25) is 5.91 Å². The van der Waals surface area contributed by atoms with Crippen LogP contribution in [0.5, 0.6) is 0 Å². The molecule has 134 valence electrons. The molecule has 0 aromatic carbocycles. The third-order valence-electron chi connectivity index (χ3n) is 4.67. The number of nitrogen functional groups attached to an aromatic ring is 1. The van der Waals surface area contributed by atoms with E-state index in [1.807, 2.05) is 4.90 Å². The minimum absolute atomic E-state index is 0.244. The first-order valence-electron chi connectivity index (χ1n) is 8.87. The summed E-state index contributed by atoms with van der Waals surface area (Å²) in [6.45, 7) is 2.42. The van der Waals surface area contributed by atoms with Gasteiger partial charge in [0, 0.05) is 26.1 Å². The molecule has 1 amide bonds. The molecule has 2 aromatic heterocycles. The number of hydrogen-bond acceptors (Lipinski definition) is 6. The van der Waals surface area contributed by atoms with Crippen LogP contribution in [0.1, 0.15) is 37.8 Å². The van der Waals surface area contributed by atoms with E-state index in [-0.39, 0.29) is 5.91 Å². The Balaban J connectivity index is 1.42. The Morgan fingerprint density at radius 3 is 2.92 bits per heavy atom. The fraction of sp³-hybridized carbons (Fsp3) is 0.588. The first-order valence-corrected chi connectivity index (χ1v) is 8.87. The van der Waals surface area contributed by atoms with Gasteiger partial charge in [0.15, 0.2) is 0 Å². The second kappa shape index (κ2) is 8.55. The summed E-state index contributed by atoms with van der Waals surface area (Å²) in [7, 11) is 0. The van der Waals surface area contributed by atoms with Crippen LogP contribution in [0.4, 0.5) is 5.82 Å². The lowest BCUT2D eigenvalue weighted by molar-refractivity contribution is -0.131. The average molecular weight is 343 g/mol. The number of anilines is 1. The number of rotatable bonds is 6. The fourth-order valence-electron chi connectivity index (χ4n) is 3.28. The molecule has 1 fully saturated rings. The second-order valence-electron chi connectivity index (χ2n) is 6.58. The predicted octanol–water partition coefficient (Wildman–Crippen LogP) is 1.30. The van der Waals surface area contributed by atoms with E-state index in [0.717, 1.165) is 57.4 Å². The highest BCUT2D eigenvalue weighted by Gasteiger charge is 2.21. The number of aryl methyl sites for hydroxylation is 1. The molecule has 2 N–H and O–H groups in total. The molecule has 8 heteroatoms. The number of aromatic nitrogens is 5. The predicted molar refractivity (Wildman–Crippen MR) is 93.3 cm³/mol. The van der Waals surface area contributed by atoms with Crippen LogP contribution in [-0.2, 0) is 17.8 Å². The van der Waals surface area contributed by atoms with Gasteiger partial charge in [0.25, 0.3) is 0 Å². The van der Waals surface area contributed by atoms with Crippen molar-refractivity contribution in [2.24, 2.45) is 5.92 Å². The monoisotopic (exact) mass is 343 g/mol. The van der Waals surface area contributed by atoms with E-state index in [1.165, 1.54) is 6.33 Å². The smallest absolute Gasteiger partial charge is 0.222 e. The maximum Gasteiger partial charge on any atom is 0.222 e. The summed E-state index contributed by atoms with van der Waals surface area (Å²) in [5.41, 5.74) is 6.56. The standard InChI is InChI=1S/C17H25N7O/c18-16-11-20-15(10-21-16)9-14-3-1-6-23(8-5-14)17(25)4-2-7-24-13-19-12-22-24/h10-14H,1-9H2,(H2,18,21)/t14-/m0/s1. The molecular formula is C17H25N7O. The van der Waals surface area contributed by atoms with E-state index in [1.54, 1.807) is 23.4 Å². The number of nitrogens with zero attached hydrogens (tertiary/aromatic N) is 6. The number of hydrogen-bond donors (Lipinski definition) is 1. The number of carbonyl (C=O) groups excluding carboxylic acids is 1. The van der Waals surface area contributed by atoms with E-state index in [0.29, 0.717) is 18.2 Å². The zero-order valence-electron chi connectivity index (χ0n) is 14.4. The van der Waals surface area contributed by atoms with E-state index >= 15 is 0 Å². The van der Waals surface area contributed by atoms with Gasteiger partial charge in [0.1, 0.15) is 18.5 Å². The number of carbonyl (C=O) groups is 1. The summed E-state index contributed by atoms with van der Waals surface area (Å²) < 4.78 is 1.76. The van der Waals surface area contributed by atoms with Gasteiger partial charge in [-0.15, -0.1) is 0 Å². The van der Waals surface area contributed by atoms with Crippen LogP contribution in [0.15, 0.2) is 25.0 Å². The van der Waals surface area contributed by atoms with Crippen LogP contribution >= 0.6 is 0 Å². The van der Waals surface area contributed by atoms with Gasteiger partial charge in [-0.1, -0.05) is 0 Å². The molecule has 0 bridgehead atoms. The summed E-state index contributed by atoms with van der Waals surface area (Å²) >= 11 is 0. The third kappa shape index (κ3) is 5.23. The molecule has 3 heterocycles. The summed E-state index contributed by atoms with van der Waals surface area (Å²) in [6, 6.07) is 0. The Kier molecular flexibility index (Phi) is 5.92. The van der Waals surface area contributed by atoms with Gasteiger partial charge < -0.3 is 10.6 Å². The number of amides is 1. The van der Waals surface area contributed by atoms with Gasteiger partial charge in [-0.05, 0) is 38.0 Å². The SMILES string of the molecule is Nc1cnc(C[C@H]2CCCN(C(=O)CCCn3cncn3)CC2)cn1. The van der Waals surface area contributed by atoms with E-state index in [4.69, 9.17) is 5.73 Å². The number of likely N-dealkylation sites (tertiary alicyclic amines) is 1. The third-order valence-corrected chi connectivity index (χ3v) is 4.67. The quantitative estimate of drug-likeness (QED) is 0.848. The average Bonchev–Trinajstić information content (AvgIpc) is 3.02. The molecule has 25 heavy (non-hydrogen) atoms. The molecule has 2 aromatic rings. The zero-order valence-corrected chi connectivity index (χ0v) is 14.4. The largest absolute Gasteiger partial charge is 0.382 e. The molecular weight excluding hydrogens is 318 g/mol. The van der Waals surface area contributed by atoms with Crippen LogP contribution < -0.4 is 5.73 Å². The maximum atomic E-state index is 12.4. The second-order valence-corrected chi connectivity index (χ2v) is 6.58. The summed E-state index contributed by atoms with van der Waals surface area (Å²) in [4.78, 5) is 26.8. The molecule has 1 saturated heterocycles. The van der Waals surface area contributed by atoms with Crippen LogP contribution in [0.2, 0.25) is 0 Å². The van der Waals surface area contributed by atoms with Crippen LogP contribution in [0.25, 0.3) is 0 Å². The molecule has 0 spiro atoms. The van der Waals surface area contributed by atoms with Gasteiger partial charge in [-0.2, -0.15) is 5.10 Å². The lowest BCUT2D eigenvalue weighted by Crippen LogP contribution is -2.32. The van der Waals surface area contributed by atoms with Gasteiger partial charge in [0.05, 0.1) is 18.1 Å². The lowest BCUT2D eigenvalue weighted by atomic mass is 9.95. The molecule has 1 aliphatic heterocycles. The molecule has 3 rings (SSSR count). The van der Waals surface area contributed by atoms with Crippen LogP contribution in [-0.4, -0.2) is 48.6 Å². The van der Waals surface area contributed by atoms with Crippen molar-refractivity contribution in [3.63, 3.8) is 0 Å². The normalized spacial score (nSPS) is 18.1. The summed E-state index contributed by atoms with van der Waals surface area (Å²) in [6.07, 6.45) is 12.0. The summed E-state index contributed by atoms with van der Waals surface area (Å²) in [5, 5.41) is 4.06. The Morgan fingerprint density at radius 1 is 1.24 bits per heavy atom. The Hall–Kier alpha value is -2.51. The molecule has 0 unspecified atom stereocenters. The van der Waals surface area contributed by atoms with Crippen molar-refractivity contribution in [2.45, 2.75) is 45.1 Å². The van der Waals surface area contributed by atoms with E-state index in [2.05, 4.69) is 20.1 Å². The molecule has 0 saturated carbocycles. The van der Waals surface area contributed by atoms with Crippen LogP contribution in [0.3, 0.4) is 0 Å². The Labute approximate surface area is 147 Å². The van der Waals surface area contributed by atoms with E-state index < -0.39 is 0 Å². The van der Waals surface area contributed by atoms with Gasteiger partial charge in [-0.25, -0.2) is 9.97 Å².